The van der Waals surface area contributed by atoms with E-state index in [4.69, 9.17) is 4.99 Å². The number of amidine groups is 1. The van der Waals surface area contributed by atoms with Gasteiger partial charge in [0.15, 0.2) is 5.17 Å². The first kappa shape index (κ1) is 18.6. The van der Waals surface area contributed by atoms with Crippen LogP contribution in [0.15, 0.2) is 29.4 Å². The minimum atomic E-state index is 0.0721. The predicted octanol–water partition coefficient (Wildman–Crippen LogP) is 5.37. The molecule has 0 radical (unpaired) electrons. The normalized spacial score (nSPS) is 24.6. The van der Waals surface area contributed by atoms with Gasteiger partial charge in [0.05, 0.1) is 11.7 Å². The molecule has 0 unspecified atom stereocenters. The van der Waals surface area contributed by atoms with Gasteiger partial charge in [-0.15, -0.1) is 0 Å². The zero-order chi connectivity index (χ0) is 19.3. The van der Waals surface area contributed by atoms with Crippen molar-refractivity contribution in [2.75, 3.05) is 5.75 Å². The third-order valence-electron chi connectivity index (χ3n) is 6.20. The summed E-state index contributed by atoms with van der Waals surface area (Å²) in [5.41, 5.74) is 6.71. The molecule has 1 fully saturated rings. The lowest BCUT2D eigenvalue weighted by atomic mass is 9.92. The van der Waals surface area contributed by atoms with Crippen molar-refractivity contribution in [2.45, 2.75) is 72.1 Å². The van der Waals surface area contributed by atoms with E-state index in [0.29, 0.717) is 12.1 Å². The predicted molar refractivity (Wildman–Crippen MR) is 115 cm³/mol. The van der Waals surface area contributed by atoms with E-state index >= 15 is 0 Å². The van der Waals surface area contributed by atoms with Crippen LogP contribution >= 0.6 is 11.8 Å². The lowest BCUT2D eigenvalue weighted by Gasteiger charge is -2.32. The molecular formula is C22H30N4S. The maximum atomic E-state index is 5.18. The first-order valence-electron chi connectivity index (χ1n) is 10.0. The Morgan fingerprint density at radius 3 is 2.56 bits per heavy atom. The van der Waals surface area contributed by atoms with Gasteiger partial charge in [-0.2, -0.15) is 0 Å². The van der Waals surface area contributed by atoms with Crippen LogP contribution < -0.4 is 0 Å². The van der Waals surface area contributed by atoms with Gasteiger partial charge < -0.3 is 9.47 Å². The van der Waals surface area contributed by atoms with E-state index in [2.05, 4.69) is 68.1 Å². The molecule has 144 valence electrons. The molecule has 2 aromatic rings. The minimum absolute atomic E-state index is 0.0721. The lowest BCUT2D eigenvalue weighted by Crippen LogP contribution is -2.35. The molecule has 0 aromatic carbocycles. The molecule has 27 heavy (non-hydrogen) atoms. The first-order valence-corrected chi connectivity index (χ1v) is 11.0. The van der Waals surface area contributed by atoms with E-state index in [9.17, 15) is 0 Å². The summed E-state index contributed by atoms with van der Waals surface area (Å²) in [4.78, 5) is 12.5. The van der Waals surface area contributed by atoms with Crippen LogP contribution in [0.25, 0.3) is 0 Å². The molecule has 4 heterocycles. The van der Waals surface area contributed by atoms with Gasteiger partial charge >= 0.3 is 0 Å². The molecule has 3 atom stereocenters. The van der Waals surface area contributed by atoms with Crippen LogP contribution in [-0.2, 0) is 0 Å². The highest BCUT2D eigenvalue weighted by Crippen LogP contribution is 2.50. The molecule has 2 aromatic heterocycles. The summed E-state index contributed by atoms with van der Waals surface area (Å²) >= 11 is 1.91. The zero-order valence-electron chi connectivity index (χ0n) is 17.2. The van der Waals surface area contributed by atoms with E-state index in [0.717, 1.165) is 17.9 Å². The largest absolute Gasteiger partial charge is 0.346 e. The number of rotatable bonds is 4. The van der Waals surface area contributed by atoms with Gasteiger partial charge in [0.1, 0.15) is 6.04 Å². The number of fused-ring (bicyclic) bond motifs is 1. The standard InChI is InChI=1S/C22H30N4S/c1-7-17-12-27-22-24-20(18-10-8-9-11-23-18)21(26(17)22)19-14(4)15(5)25(13(2)3)16(19)6/h8-11,13,17,20-21H,7,12H2,1-6H3/t17-,20+,21-/m1/s1. The molecule has 0 bridgehead atoms. The molecule has 1 saturated heterocycles. The summed E-state index contributed by atoms with van der Waals surface area (Å²) < 4.78 is 2.49. The van der Waals surface area contributed by atoms with Crippen molar-refractivity contribution in [3.8, 4) is 0 Å². The number of hydrogen-bond donors (Lipinski definition) is 0. The summed E-state index contributed by atoms with van der Waals surface area (Å²) in [6.45, 7) is 13.7. The zero-order valence-corrected chi connectivity index (χ0v) is 18.0. The van der Waals surface area contributed by atoms with Crippen LogP contribution in [0, 0.1) is 20.8 Å². The fourth-order valence-corrected chi connectivity index (χ4v) is 6.24. The quantitative estimate of drug-likeness (QED) is 0.713. The Labute approximate surface area is 167 Å². The van der Waals surface area contributed by atoms with Gasteiger partial charge in [-0.1, -0.05) is 24.8 Å². The Balaban J connectivity index is 1.89. The molecule has 0 N–H and O–H groups in total. The van der Waals surface area contributed by atoms with Crippen molar-refractivity contribution in [1.82, 2.24) is 14.5 Å². The number of aromatic nitrogens is 2. The van der Waals surface area contributed by atoms with Crippen LogP contribution in [0.1, 0.15) is 73.5 Å². The minimum Gasteiger partial charge on any atom is -0.346 e. The SMILES string of the molecule is CC[C@@H]1CSC2=N[C@@H](c3ccccn3)[C@@H](c3c(C)c(C)n(C(C)C)c3C)N21. The number of thioether (sulfide) groups is 1. The average molecular weight is 383 g/mol. The van der Waals surface area contributed by atoms with Crippen LogP contribution in [0.2, 0.25) is 0 Å². The Morgan fingerprint density at radius 2 is 1.96 bits per heavy atom. The van der Waals surface area contributed by atoms with Crippen LogP contribution in [0.5, 0.6) is 0 Å². The van der Waals surface area contributed by atoms with E-state index < -0.39 is 0 Å². The molecule has 2 aliphatic heterocycles. The number of nitrogens with zero attached hydrogens (tertiary/aromatic N) is 4. The highest BCUT2D eigenvalue weighted by Gasteiger charge is 2.47. The van der Waals surface area contributed by atoms with E-state index in [-0.39, 0.29) is 12.1 Å². The van der Waals surface area contributed by atoms with E-state index in [1.54, 1.807) is 0 Å². The van der Waals surface area contributed by atoms with E-state index in [1.807, 2.05) is 24.0 Å². The molecule has 4 rings (SSSR count). The second kappa shape index (κ2) is 7.01. The van der Waals surface area contributed by atoms with Gasteiger partial charge in [0.2, 0.25) is 0 Å². The van der Waals surface area contributed by atoms with Gasteiger partial charge in [-0.05, 0) is 58.7 Å². The second-order valence-corrected chi connectivity index (χ2v) is 9.00. The fraction of sp³-hybridized carbons (Fsp3) is 0.545. The summed E-state index contributed by atoms with van der Waals surface area (Å²) in [5, 5.41) is 1.20. The van der Waals surface area contributed by atoms with Crippen LogP contribution in [0.4, 0.5) is 0 Å². The summed E-state index contributed by atoms with van der Waals surface area (Å²) in [5.74, 6) is 1.14. The third kappa shape index (κ3) is 2.82. The van der Waals surface area contributed by atoms with Crippen molar-refractivity contribution < 1.29 is 0 Å². The van der Waals surface area contributed by atoms with Gasteiger partial charge in [0, 0.05) is 41.0 Å². The molecule has 2 aliphatic rings. The molecule has 0 aliphatic carbocycles. The molecular weight excluding hydrogens is 352 g/mol. The third-order valence-corrected chi connectivity index (χ3v) is 7.33. The van der Waals surface area contributed by atoms with Crippen molar-refractivity contribution in [3.05, 3.63) is 52.6 Å². The maximum absolute atomic E-state index is 5.18. The Kier molecular flexibility index (Phi) is 4.83. The Morgan fingerprint density at radius 1 is 1.19 bits per heavy atom. The van der Waals surface area contributed by atoms with Gasteiger partial charge in [-0.25, -0.2) is 0 Å². The topological polar surface area (TPSA) is 33.4 Å². The maximum Gasteiger partial charge on any atom is 0.160 e. The average Bonchev–Trinajstić information content (AvgIpc) is 3.27. The summed E-state index contributed by atoms with van der Waals surface area (Å²) in [6.07, 6.45) is 3.05. The van der Waals surface area contributed by atoms with E-state index in [1.165, 1.54) is 27.7 Å². The smallest absolute Gasteiger partial charge is 0.160 e. The summed E-state index contributed by atoms with van der Waals surface area (Å²) in [7, 11) is 0. The highest BCUT2D eigenvalue weighted by molar-refractivity contribution is 8.14. The molecule has 0 amide bonds. The molecule has 0 saturated carbocycles. The van der Waals surface area contributed by atoms with Gasteiger partial charge in [-0.3, -0.25) is 9.98 Å². The summed E-state index contributed by atoms with van der Waals surface area (Å²) in [6, 6.07) is 7.53. The lowest BCUT2D eigenvalue weighted by molar-refractivity contribution is 0.253. The Hall–Kier alpha value is -1.75. The van der Waals surface area contributed by atoms with Gasteiger partial charge in [0.25, 0.3) is 0 Å². The molecule has 5 heteroatoms. The van der Waals surface area contributed by atoms with Crippen molar-refractivity contribution in [1.29, 1.82) is 0 Å². The second-order valence-electron chi connectivity index (χ2n) is 8.01. The van der Waals surface area contributed by atoms with Crippen LogP contribution in [-0.4, -0.2) is 31.4 Å². The fourth-order valence-electron chi connectivity index (χ4n) is 4.90. The highest BCUT2D eigenvalue weighted by atomic mass is 32.2. The molecule has 4 nitrogen and oxygen atoms in total. The molecule has 0 spiro atoms. The number of aliphatic imine (C=N–C) groups is 1. The monoisotopic (exact) mass is 382 g/mol. The van der Waals surface area contributed by atoms with Crippen molar-refractivity contribution >= 4 is 16.9 Å². The number of hydrogen-bond acceptors (Lipinski definition) is 4. The van der Waals surface area contributed by atoms with Crippen molar-refractivity contribution in [2.24, 2.45) is 4.99 Å². The number of pyridine rings is 1. The Bertz CT molecular complexity index is 868. The van der Waals surface area contributed by atoms with Crippen LogP contribution in [0.3, 0.4) is 0 Å². The first-order chi connectivity index (χ1) is 13.0. The van der Waals surface area contributed by atoms with Crippen molar-refractivity contribution in [3.63, 3.8) is 0 Å².